The van der Waals surface area contributed by atoms with Gasteiger partial charge in [-0.25, -0.2) is 9.97 Å². The number of rotatable bonds is 2. The van der Waals surface area contributed by atoms with E-state index in [1.165, 1.54) is 45.1 Å². The molecule has 98 valence electrons. The number of likely N-dealkylation sites (tertiary alicyclic amines) is 1. The normalized spacial score (nSPS) is 30.1. The predicted molar refractivity (Wildman–Crippen MR) is 72.3 cm³/mol. The molecule has 1 aromatic heterocycles. The molecule has 1 aliphatic heterocycles. The fraction of sp³-hybridized carbons (Fsp3) is 0.733. The van der Waals surface area contributed by atoms with Crippen LogP contribution in [0.15, 0.2) is 12.3 Å². The Hall–Kier alpha value is -0.960. The maximum atomic E-state index is 4.70. The summed E-state index contributed by atoms with van der Waals surface area (Å²) in [5.74, 6) is 1.03. The van der Waals surface area contributed by atoms with E-state index in [-0.39, 0.29) is 5.54 Å². The minimum atomic E-state index is 0.0705. The second-order valence-electron chi connectivity index (χ2n) is 6.03. The average molecular weight is 245 g/mol. The minimum absolute atomic E-state index is 0.0705. The Labute approximate surface area is 110 Å². The summed E-state index contributed by atoms with van der Waals surface area (Å²) in [6, 6.07) is 2.75. The molecule has 2 heterocycles. The van der Waals surface area contributed by atoms with Gasteiger partial charge in [-0.2, -0.15) is 0 Å². The molecule has 0 amide bonds. The first-order valence-corrected chi connectivity index (χ1v) is 7.27. The molecule has 3 nitrogen and oxygen atoms in total. The lowest BCUT2D eigenvalue weighted by molar-refractivity contribution is 0.0935. The van der Waals surface area contributed by atoms with Crippen molar-refractivity contribution in [3.8, 4) is 0 Å². The molecule has 18 heavy (non-hydrogen) atoms. The molecule has 3 heteroatoms. The van der Waals surface area contributed by atoms with Gasteiger partial charge in [-0.1, -0.05) is 12.8 Å². The van der Waals surface area contributed by atoms with Crippen LogP contribution < -0.4 is 0 Å². The second kappa shape index (κ2) is 4.61. The van der Waals surface area contributed by atoms with Crippen molar-refractivity contribution >= 4 is 0 Å². The van der Waals surface area contributed by atoms with Gasteiger partial charge in [0, 0.05) is 17.9 Å². The topological polar surface area (TPSA) is 29.0 Å². The third-order valence-electron chi connectivity index (χ3n) is 4.74. The Morgan fingerprint density at radius 1 is 1.28 bits per heavy atom. The molecule has 2 fully saturated rings. The number of hydrogen-bond acceptors (Lipinski definition) is 3. The monoisotopic (exact) mass is 245 g/mol. The zero-order valence-electron chi connectivity index (χ0n) is 11.5. The van der Waals surface area contributed by atoms with Crippen molar-refractivity contribution in [1.29, 1.82) is 0 Å². The number of hydrogen-bond donors (Lipinski definition) is 0. The van der Waals surface area contributed by atoms with E-state index in [0.29, 0.717) is 0 Å². The van der Waals surface area contributed by atoms with Gasteiger partial charge in [0.25, 0.3) is 0 Å². The summed E-state index contributed by atoms with van der Waals surface area (Å²) in [7, 11) is 0. The van der Waals surface area contributed by atoms with Crippen LogP contribution in [0.2, 0.25) is 0 Å². The quantitative estimate of drug-likeness (QED) is 0.802. The fourth-order valence-electron chi connectivity index (χ4n) is 3.73. The highest BCUT2D eigenvalue weighted by Crippen LogP contribution is 2.41. The van der Waals surface area contributed by atoms with Crippen LogP contribution in [0.3, 0.4) is 0 Å². The van der Waals surface area contributed by atoms with Gasteiger partial charge in [-0.3, -0.25) is 4.90 Å². The summed E-state index contributed by atoms with van der Waals surface area (Å²) in [5.41, 5.74) is 1.15. The fourth-order valence-corrected chi connectivity index (χ4v) is 3.73. The van der Waals surface area contributed by atoms with Crippen LogP contribution in [0, 0.1) is 6.92 Å². The highest BCUT2D eigenvalue weighted by Gasteiger charge is 2.44. The van der Waals surface area contributed by atoms with Crippen LogP contribution in [0.4, 0.5) is 0 Å². The predicted octanol–water partition coefficient (Wildman–Crippen LogP) is 3.04. The van der Waals surface area contributed by atoms with E-state index in [2.05, 4.69) is 23.7 Å². The second-order valence-corrected chi connectivity index (χ2v) is 6.03. The Kier molecular flexibility index (Phi) is 3.10. The lowest BCUT2D eigenvalue weighted by Crippen LogP contribution is -2.45. The van der Waals surface area contributed by atoms with Gasteiger partial charge in [-0.15, -0.1) is 0 Å². The lowest BCUT2D eigenvalue weighted by atomic mass is 9.95. The summed E-state index contributed by atoms with van der Waals surface area (Å²) < 4.78 is 0. The first-order valence-electron chi connectivity index (χ1n) is 7.27. The Morgan fingerprint density at radius 2 is 2.06 bits per heavy atom. The summed E-state index contributed by atoms with van der Waals surface area (Å²) in [5, 5.41) is 0. The first-order chi connectivity index (χ1) is 8.70. The lowest BCUT2D eigenvalue weighted by Gasteiger charge is -2.38. The van der Waals surface area contributed by atoms with Crippen molar-refractivity contribution in [1.82, 2.24) is 14.9 Å². The average Bonchev–Trinajstić information content (AvgIpc) is 2.98. The number of aromatic nitrogens is 2. The molecule has 3 rings (SSSR count). The summed E-state index contributed by atoms with van der Waals surface area (Å²) in [4.78, 5) is 11.9. The molecule has 1 aliphatic carbocycles. The van der Waals surface area contributed by atoms with Gasteiger partial charge in [-0.05, 0) is 52.1 Å². The van der Waals surface area contributed by atoms with Crippen molar-refractivity contribution in [3.63, 3.8) is 0 Å². The van der Waals surface area contributed by atoms with Gasteiger partial charge in [0.1, 0.15) is 5.82 Å². The van der Waals surface area contributed by atoms with Crippen molar-refractivity contribution in [2.24, 2.45) is 0 Å². The molecule has 2 aliphatic rings. The molecular formula is C15H23N3. The molecule has 0 bridgehead atoms. The van der Waals surface area contributed by atoms with Crippen LogP contribution in [-0.2, 0) is 5.54 Å². The standard InChI is InChI=1S/C15H23N3/c1-12-8-10-16-14(17-12)15(2)9-5-11-18(15)13-6-3-4-7-13/h8,10,13H,3-7,9,11H2,1-2H3/t15-/m1/s1. The highest BCUT2D eigenvalue weighted by molar-refractivity contribution is 5.12. The molecule has 0 radical (unpaired) electrons. The van der Waals surface area contributed by atoms with Crippen molar-refractivity contribution in [2.75, 3.05) is 6.54 Å². The van der Waals surface area contributed by atoms with Crippen molar-refractivity contribution in [2.45, 2.75) is 64.0 Å². The van der Waals surface area contributed by atoms with Gasteiger partial charge in [0.15, 0.2) is 0 Å². The van der Waals surface area contributed by atoms with E-state index in [0.717, 1.165) is 17.6 Å². The SMILES string of the molecule is Cc1ccnc([C@@]2(C)CCCN2C2CCCC2)n1. The van der Waals surface area contributed by atoms with Crippen LogP contribution in [-0.4, -0.2) is 27.5 Å². The Morgan fingerprint density at radius 3 is 2.78 bits per heavy atom. The van der Waals surface area contributed by atoms with E-state index in [1.807, 2.05) is 12.3 Å². The zero-order chi connectivity index (χ0) is 12.6. The number of aryl methyl sites for hydroxylation is 1. The van der Waals surface area contributed by atoms with Gasteiger partial charge < -0.3 is 0 Å². The largest absolute Gasteiger partial charge is 0.288 e. The summed E-state index contributed by atoms with van der Waals surface area (Å²) in [6.07, 6.45) is 9.91. The molecule has 1 saturated heterocycles. The van der Waals surface area contributed by atoms with Gasteiger partial charge in [0.2, 0.25) is 0 Å². The van der Waals surface area contributed by atoms with E-state index in [4.69, 9.17) is 4.98 Å². The van der Waals surface area contributed by atoms with Crippen molar-refractivity contribution in [3.05, 3.63) is 23.8 Å². The van der Waals surface area contributed by atoms with Gasteiger partial charge in [0.05, 0.1) is 5.54 Å². The van der Waals surface area contributed by atoms with Crippen LogP contribution in [0.5, 0.6) is 0 Å². The van der Waals surface area contributed by atoms with E-state index < -0.39 is 0 Å². The van der Waals surface area contributed by atoms with E-state index in [1.54, 1.807) is 0 Å². The third-order valence-corrected chi connectivity index (χ3v) is 4.74. The van der Waals surface area contributed by atoms with E-state index in [9.17, 15) is 0 Å². The number of nitrogens with zero attached hydrogens (tertiary/aromatic N) is 3. The van der Waals surface area contributed by atoms with Crippen LogP contribution in [0.1, 0.15) is 57.0 Å². The molecule has 1 saturated carbocycles. The van der Waals surface area contributed by atoms with Crippen LogP contribution in [0.25, 0.3) is 0 Å². The van der Waals surface area contributed by atoms with Crippen LogP contribution >= 0.6 is 0 Å². The highest BCUT2D eigenvalue weighted by atomic mass is 15.3. The molecule has 0 unspecified atom stereocenters. The summed E-state index contributed by atoms with van der Waals surface area (Å²) >= 11 is 0. The third kappa shape index (κ3) is 1.95. The van der Waals surface area contributed by atoms with E-state index >= 15 is 0 Å². The molecular weight excluding hydrogens is 222 g/mol. The molecule has 0 spiro atoms. The maximum Gasteiger partial charge on any atom is 0.148 e. The first kappa shape index (κ1) is 12.1. The molecule has 0 aromatic carbocycles. The zero-order valence-corrected chi connectivity index (χ0v) is 11.5. The van der Waals surface area contributed by atoms with Crippen molar-refractivity contribution < 1.29 is 0 Å². The molecule has 1 aromatic rings. The molecule has 0 N–H and O–H groups in total. The maximum absolute atomic E-state index is 4.70. The Balaban J connectivity index is 1.91. The summed E-state index contributed by atoms with van der Waals surface area (Å²) in [6.45, 7) is 5.62. The Bertz CT molecular complexity index is 426. The smallest absolute Gasteiger partial charge is 0.148 e. The van der Waals surface area contributed by atoms with Gasteiger partial charge >= 0.3 is 0 Å². The minimum Gasteiger partial charge on any atom is -0.288 e. The molecule has 1 atom stereocenters.